The smallest absolute Gasteiger partial charge is 0.293 e. The third-order valence-electron chi connectivity index (χ3n) is 3.65. The second-order valence-electron chi connectivity index (χ2n) is 5.51. The summed E-state index contributed by atoms with van der Waals surface area (Å²) in [6, 6.07) is 8.60. The first kappa shape index (κ1) is 19.1. The summed E-state index contributed by atoms with van der Waals surface area (Å²) in [6.07, 6.45) is 2.87. The van der Waals surface area contributed by atoms with E-state index in [1.807, 2.05) is 0 Å². The fraction of sp³-hybridized carbons (Fsp3) is 0.111. The minimum atomic E-state index is -0.447. The van der Waals surface area contributed by atoms with Gasteiger partial charge >= 0.3 is 0 Å². The van der Waals surface area contributed by atoms with Crippen LogP contribution in [0.2, 0.25) is 5.15 Å². The number of benzene rings is 1. The number of nitrogens with one attached hydrogen (secondary N) is 1. The van der Waals surface area contributed by atoms with E-state index in [0.29, 0.717) is 11.1 Å². The van der Waals surface area contributed by atoms with Crippen LogP contribution in [0.1, 0.15) is 15.9 Å². The monoisotopic (exact) mass is 405 g/mol. The van der Waals surface area contributed by atoms with E-state index in [2.05, 4.69) is 10.3 Å². The third-order valence-corrected chi connectivity index (χ3v) is 4.78. The van der Waals surface area contributed by atoms with E-state index >= 15 is 0 Å². The Morgan fingerprint density at radius 2 is 1.96 bits per heavy atom. The molecule has 0 aliphatic carbocycles. The molecule has 6 nitrogen and oxygen atoms in total. The van der Waals surface area contributed by atoms with Crippen LogP contribution in [-0.2, 0) is 4.79 Å². The van der Waals surface area contributed by atoms with Crippen molar-refractivity contribution in [2.24, 2.45) is 0 Å². The lowest BCUT2D eigenvalue weighted by molar-refractivity contribution is -0.122. The highest BCUT2D eigenvalue weighted by molar-refractivity contribution is 8.18. The minimum absolute atomic E-state index is 0.0399. The van der Waals surface area contributed by atoms with E-state index < -0.39 is 11.1 Å². The zero-order chi connectivity index (χ0) is 19.4. The largest absolute Gasteiger partial charge is 0.350 e. The maximum Gasteiger partial charge on any atom is 0.293 e. The average molecular weight is 406 g/mol. The summed E-state index contributed by atoms with van der Waals surface area (Å²) in [6.45, 7) is 0.140. The molecule has 1 aliphatic heterocycles. The topological polar surface area (TPSA) is 79.4 Å². The van der Waals surface area contributed by atoms with Crippen LogP contribution in [0.15, 0.2) is 47.5 Å². The number of nitrogens with zero attached hydrogens (tertiary/aromatic N) is 2. The molecule has 0 atom stereocenters. The molecule has 1 aromatic heterocycles. The number of carbonyl (C=O) groups is 3. The van der Waals surface area contributed by atoms with Gasteiger partial charge in [0.2, 0.25) is 0 Å². The molecule has 27 heavy (non-hydrogen) atoms. The molecule has 1 N–H and O–H groups in total. The van der Waals surface area contributed by atoms with E-state index in [1.165, 1.54) is 48.7 Å². The van der Waals surface area contributed by atoms with Crippen molar-refractivity contribution in [1.82, 2.24) is 15.2 Å². The SMILES string of the molecule is O=C(NCCN1C(=O)SC(=Cc2ccc(F)cc2)C1=O)c1ccc(Cl)nc1. The van der Waals surface area contributed by atoms with Crippen molar-refractivity contribution < 1.29 is 18.8 Å². The number of aromatic nitrogens is 1. The number of carbonyl (C=O) groups excluding carboxylic acids is 3. The Bertz CT molecular complexity index is 916. The number of pyridine rings is 1. The van der Waals surface area contributed by atoms with Gasteiger partial charge in [0.1, 0.15) is 11.0 Å². The van der Waals surface area contributed by atoms with Crippen LogP contribution in [0.25, 0.3) is 6.08 Å². The maximum absolute atomic E-state index is 12.9. The summed E-state index contributed by atoms with van der Waals surface area (Å²) >= 11 is 6.47. The number of hydrogen-bond donors (Lipinski definition) is 1. The van der Waals surface area contributed by atoms with Gasteiger partial charge in [-0.25, -0.2) is 9.37 Å². The second-order valence-corrected chi connectivity index (χ2v) is 6.89. The number of halogens is 2. The lowest BCUT2D eigenvalue weighted by Crippen LogP contribution is -2.37. The molecule has 138 valence electrons. The van der Waals surface area contributed by atoms with Crippen molar-refractivity contribution in [2.75, 3.05) is 13.1 Å². The lowest BCUT2D eigenvalue weighted by atomic mass is 10.2. The number of thioether (sulfide) groups is 1. The van der Waals surface area contributed by atoms with Gasteiger partial charge in [0, 0.05) is 19.3 Å². The zero-order valence-electron chi connectivity index (χ0n) is 13.8. The number of hydrogen-bond acceptors (Lipinski definition) is 5. The summed E-state index contributed by atoms with van der Waals surface area (Å²) < 4.78 is 12.9. The Hall–Kier alpha value is -2.71. The van der Waals surface area contributed by atoms with Crippen LogP contribution in [0.5, 0.6) is 0 Å². The van der Waals surface area contributed by atoms with Gasteiger partial charge in [0.05, 0.1) is 10.5 Å². The van der Waals surface area contributed by atoms with Gasteiger partial charge in [-0.15, -0.1) is 0 Å². The van der Waals surface area contributed by atoms with Gasteiger partial charge in [0.25, 0.3) is 17.1 Å². The Labute approximate surface area is 163 Å². The highest BCUT2D eigenvalue weighted by atomic mass is 35.5. The Kier molecular flexibility index (Phi) is 5.88. The summed E-state index contributed by atoms with van der Waals surface area (Å²) in [5.74, 6) is -1.21. The van der Waals surface area contributed by atoms with Crippen molar-refractivity contribution >= 4 is 46.5 Å². The van der Waals surface area contributed by atoms with E-state index in [4.69, 9.17) is 11.6 Å². The molecule has 2 aromatic rings. The van der Waals surface area contributed by atoms with Crippen molar-refractivity contribution in [3.05, 3.63) is 69.6 Å². The molecule has 0 spiro atoms. The van der Waals surface area contributed by atoms with E-state index in [0.717, 1.165) is 16.7 Å². The van der Waals surface area contributed by atoms with Crippen LogP contribution in [-0.4, -0.2) is 40.0 Å². The van der Waals surface area contributed by atoms with Crippen molar-refractivity contribution in [3.63, 3.8) is 0 Å². The second kappa shape index (κ2) is 8.32. The first-order valence-electron chi connectivity index (χ1n) is 7.85. The first-order valence-corrected chi connectivity index (χ1v) is 9.04. The molecule has 1 aromatic carbocycles. The molecular weight excluding hydrogens is 393 g/mol. The van der Waals surface area contributed by atoms with Crippen LogP contribution < -0.4 is 5.32 Å². The Morgan fingerprint density at radius 3 is 2.63 bits per heavy atom. The summed E-state index contributed by atoms with van der Waals surface area (Å²) in [5.41, 5.74) is 0.940. The predicted octanol–water partition coefficient (Wildman–Crippen LogP) is 3.34. The van der Waals surface area contributed by atoms with E-state index in [-0.39, 0.29) is 34.9 Å². The van der Waals surface area contributed by atoms with Crippen molar-refractivity contribution in [2.45, 2.75) is 0 Å². The summed E-state index contributed by atoms with van der Waals surface area (Å²) in [4.78, 5) is 41.5. The first-order chi connectivity index (χ1) is 12.9. The van der Waals surface area contributed by atoms with E-state index in [9.17, 15) is 18.8 Å². The molecule has 1 fully saturated rings. The molecule has 0 bridgehead atoms. The number of imide groups is 1. The third kappa shape index (κ3) is 4.72. The molecule has 0 unspecified atom stereocenters. The molecule has 1 saturated heterocycles. The fourth-order valence-electron chi connectivity index (χ4n) is 2.30. The maximum atomic E-state index is 12.9. The van der Waals surface area contributed by atoms with Crippen LogP contribution >= 0.6 is 23.4 Å². The molecule has 2 heterocycles. The highest BCUT2D eigenvalue weighted by Crippen LogP contribution is 2.31. The Balaban J connectivity index is 1.58. The highest BCUT2D eigenvalue weighted by Gasteiger charge is 2.34. The fourth-order valence-corrected chi connectivity index (χ4v) is 3.27. The predicted molar refractivity (Wildman–Crippen MR) is 101 cm³/mol. The van der Waals surface area contributed by atoms with Gasteiger partial charge in [-0.3, -0.25) is 19.3 Å². The minimum Gasteiger partial charge on any atom is -0.350 e. The molecular formula is C18H13ClFN3O3S. The van der Waals surface area contributed by atoms with Gasteiger partial charge in [-0.2, -0.15) is 0 Å². The normalized spacial score (nSPS) is 15.5. The van der Waals surface area contributed by atoms with E-state index in [1.54, 1.807) is 0 Å². The molecule has 9 heteroatoms. The van der Waals surface area contributed by atoms with Crippen LogP contribution in [0.4, 0.5) is 9.18 Å². The summed E-state index contributed by atoms with van der Waals surface area (Å²) in [5, 5.41) is 2.47. The van der Waals surface area contributed by atoms with Gasteiger partial charge in [-0.05, 0) is 47.7 Å². The van der Waals surface area contributed by atoms with Crippen LogP contribution in [0, 0.1) is 5.82 Å². The Morgan fingerprint density at radius 1 is 1.22 bits per heavy atom. The summed E-state index contributed by atoms with van der Waals surface area (Å²) in [7, 11) is 0. The number of amides is 3. The average Bonchev–Trinajstić information content (AvgIpc) is 2.91. The number of rotatable bonds is 5. The van der Waals surface area contributed by atoms with Gasteiger partial charge in [-0.1, -0.05) is 23.7 Å². The van der Waals surface area contributed by atoms with Crippen molar-refractivity contribution in [1.29, 1.82) is 0 Å². The molecule has 3 rings (SSSR count). The lowest BCUT2D eigenvalue weighted by Gasteiger charge is -2.12. The zero-order valence-corrected chi connectivity index (χ0v) is 15.4. The van der Waals surface area contributed by atoms with Gasteiger partial charge < -0.3 is 5.32 Å². The van der Waals surface area contributed by atoms with Crippen molar-refractivity contribution in [3.8, 4) is 0 Å². The standard InChI is InChI=1S/C18H13ClFN3O3S/c19-15-6-3-12(10-22-15)16(24)21-7-8-23-17(25)14(27-18(23)26)9-11-1-4-13(20)5-2-11/h1-6,9-10H,7-8H2,(H,21,24). The molecule has 3 amide bonds. The molecule has 0 saturated carbocycles. The molecule has 1 aliphatic rings. The molecule has 0 radical (unpaired) electrons. The van der Waals surface area contributed by atoms with Gasteiger partial charge in [0.15, 0.2) is 0 Å². The van der Waals surface area contributed by atoms with Crippen LogP contribution in [0.3, 0.4) is 0 Å². The quantitative estimate of drug-likeness (QED) is 0.609.